The molecule has 1 unspecified atom stereocenters. The number of rotatable bonds is 9. The van der Waals surface area contributed by atoms with Gasteiger partial charge in [0.1, 0.15) is 0 Å². The largest absolute Gasteiger partial charge is 0.490 e. The normalized spacial score (nSPS) is 12.2. The molecule has 1 aromatic carbocycles. The van der Waals surface area contributed by atoms with Crippen molar-refractivity contribution in [2.45, 2.75) is 34.1 Å². The molecule has 0 fully saturated rings. The van der Waals surface area contributed by atoms with Gasteiger partial charge in [0.25, 0.3) is 0 Å². The average Bonchev–Trinajstić information content (AvgIpc) is 2.40. The first-order valence-corrected chi connectivity index (χ1v) is 7.30. The van der Waals surface area contributed by atoms with E-state index < -0.39 is 0 Å². The highest BCUT2D eigenvalue weighted by Crippen LogP contribution is 2.29. The van der Waals surface area contributed by atoms with Crippen LogP contribution in [0.25, 0.3) is 0 Å². The average molecular weight is 265 g/mol. The Labute approximate surface area is 117 Å². The van der Waals surface area contributed by atoms with E-state index in [-0.39, 0.29) is 0 Å². The van der Waals surface area contributed by atoms with Crippen molar-refractivity contribution in [1.82, 2.24) is 5.32 Å². The van der Waals surface area contributed by atoms with E-state index in [0.717, 1.165) is 31.0 Å². The molecular weight excluding hydrogens is 238 g/mol. The van der Waals surface area contributed by atoms with Gasteiger partial charge in [-0.05, 0) is 57.0 Å². The Bertz CT molecular complexity index is 366. The van der Waals surface area contributed by atoms with Gasteiger partial charge in [-0.1, -0.05) is 19.9 Å². The Hall–Kier alpha value is -1.22. The van der Waals surface area contributed by atoms with Crippen molar-refractivity contribution in [3.63, 3.8) is 0 Å². The fraction of sp³-hybridized carbons (Fsp3) is 0.625. The Balaban J connectivity index is 2.71. The van der Waals surface area contributed by atoms with E-state index in [4.69, 9.17) is 9.47 Å². The summed E-state index contributed by atoms with van der Waals surface area (Å²) < 4.78 is 11.2. The summed E-state index contributed by atoms with van der Waals surface area (Å²) in [7, 11) is 0. The molecule has 1 N–H and O–H groups in total. The quantitative estimate of drug-likeness (QED) is 0.743. The third-order valence-electron chi connectivity index (χ3n) is 2.93. The van der Waals surface area contributed by atoms with Gasteiger partial charge in [0.15, 0.2) is 11.5 Å². The zero-order valence-electron chi connectivity index (χ0n) is 12.7. The molecule has 0 amide bonds. The summed E-state index contributed by atoms with van der Waals surface area (Å²) in [6.07, 6.45) is 1.06. The van der Waals surface area contributed by atoms with Crippen molar-refractivity contribution >= 4 is 0 Å². The summed E-state index contributed by atoms with van der Waals surface area (Å²) in [5.74, 6) is 2.32. The summed E-state index contributed by atoms with van der Waals surface area (Å²) in [4.78, 5) is 0. The highest BCUT2D eigenvalue weighted by atomic mass is 16.5. The van der Waals surface area contributed by atoms with E-state index in [0.29, 0.717) is 19.1 Å². The molecule has 0 aromatic heterocycles. The van der Waals surface area contributed by atoms with Crippen LogP contribution in [0, 0.1) is 5.92 Å². The summed E-state index contributed by atoms with van der Waals surface area (Å²) >= 11 is 0. The van der Waals surface area contributed by atoms with E-state index in [1.54, 1.807) is 0 Å². The summed E-state index contributed by atoms with van der Waals surface area (Å²) in [5, 5.41) is 3.38. The molecule has 0 aliphatic heterocycles. The van der Waals surface area contributed by atoms with Gasteiger partial charge in [-0.15, -0.1) is 0 Å². The van der Waals surface area contributed by atoms with Gasteiger partial charge in [0.2, 0.25) is 0 Å². The second-order valence-corrected chi connectivity index (χ2v) is 4.76. The summed E-state index contributed by atoms with van der Waals surface area (Å²) in [6, 6.07) is 6.26. The molecule has 0 saturated heterocycles. The van der Waals surface area contributed by atoms with Crippen LogP contribution in [0.15, 0.2) is 18.2 Å². The maximum absolute atomic E-state index is 5.65. The van der Waals surface area contributed by atoms with Gasteiger partial charge in [0, 0.05) is 0 Å². The third kappa shape index (κ3) is 5.52. The molecule has 1 aromatic rings. The van der Waals surface area contributed by atoms with Gasteiger partial charge in [-0.3, -0.25) is 0 Å². The Kier molecular flexibility index (Phi) is 7.34. The lowest BCUT2D eigenvalue weighted by molar-refractivity contribution is 0.287. The molecule has 3 nitrogen and oxygen atoms in total. The van der Waals surface area contributed by atoms with Crippen LogP contribution < -0.4 is 14.8 Å². The lowest BCUT2D eigenvalue weighted by atomic mass is 10.0. The van der Waals surface area contributed by atoms with Crippen molar-refractivity contribution in [1.29, 1.82) is 0 Å². The fourth-order valence-electron chi connectivity index (χ4n) is 2.09. The maximum atomic E-state index is 5.65. The van der Waals surface area contributed by atoms with E-state index >= 15 is 0 Å². The summed E-state index contributed by atoms with van der Waals surface area (Å²) in [5.41, 5.74) is 1.30. The van der Waals surface area contributed by atoms with Crippen molar-refractivity contribution in [3.05, 3.63) is 23.8 Å². The molecule has 1 rings (SSSR count). The highest BCUT2D eigenvalue weighted by Gasteiger charge is 2.08. The molecule has 1 atom stereocenters. The van der Waals surface area contributed by atoms with Crippen LogP contribution in [0.1, 0.15) is 33.3 Å². The zero-order chi connectivity index (χ0) is 14.1. The molecule has 0 heterocycles. The Morgan fingerprint density at radius 1 is 1.05 bits per heavy atom. The van der Waals surface area contributed by atoms with E-state index in [1.807, 2.05) is 19.9 Å². The molecule has 0 spiro atoms. The van der Waals surface area contributed by atoms with Crippen LogP contribution in [0.3, 0.4) is 0 Å². The number of hydrogen-bond donors (Lipinski definition) is 1. The van der Waals surface area contributed by atoms with Crippen LogP contribution in [-0.2, 0) is 6.42 Å². The first kappa shape index (κ1) is 15.8. The van der Waals surface area contributed by atoms with Gasteiger partial charge in [-0.2, -0.15) is 0 Å². The molecule has 0 aliphatic carbocycles. The lowest BCUT2D eigenvalue weighted by Crippen LogP contribution is -2.21. The zero-order valence-corrected chi connectivity index (χ0v) is 12.7. The highest BCUT2D eigenvalue weighted by molar-refractivity contribution is 5.43. The molecule has 108 valence electrons. The second-order valence-electron chi connectivity index (χ2n) is 4.76. The van der Waals surface area contributed by atoms with Crippen LogP contribution in [0.2, 0.25) is 0 Å². The molecule has 19 heavy (non-hydrogen) atoms. The first-order chi connectivity index (χ1) is 9.21. The fourth-order valence-corrected chi connectivity index (χ4v) is 2.09. The monoisotopic (exact) mass is 265 g/mol. The van der Waals surface area contributed by atoms with Gasteiger partial charge < -0.3 is 14.8 Å². The van der Waals surface area contributed by atoms with E-state index in [1.165, 1.54) is 5.56 Å². The predicted octanol–water partition coefficient (Wildman–Crippen LogP) is 3.27. The molecular formula is C16H27NO2. The Morgan fingerprint density at radius 3 is 2.37 bits per heavy atom. The molecule has 0 bridgehead atoms. The molecule has 0 aliphatic rings. The first-order valence-electron chi connectivity index (χ1n) is 7.30. The minimum atomic E-state index is 0.618. The van der Waals surface area contributed by atoms with Gasteiger partial charge >= 0.3 is 0 Å². The van der Waals surface area contributed by atoms with Gasteiger partial charge in [-0.25, -0.2) is 0 Å². The second kappa shape index (κ2) is 8.81. The SMILES string of the molecule is CCNCC(C)Cc1ccc(OCC)c(OCC)c1. The van der Waals surface area contributed by atoms with Crippen molar-refractivity contribution in [3.8, 4) is 11.5 Å². The standard InChI is InChI=1S/C16H27NO2/c1-5-17-12-13(4)10-14-8-9-15(18-6-2)16(11-14)19-7-3/h8-9,11,13,17H,5-7,10,12H2,1-4H3. The van der Waals surface area contributed by atoms with Crippen LogP contribution >= 0.6 is 0 Å². The van der Waals surface area contributed by atoms with Gasteiger partial charge in [0.05, 0.1) is 13.2 Å². The van der Waals surface area contributed by atoms with Crippen LogP contribution in [0.5, 0.6) is 11.5 Å². The topological polar surface area (TPSA) is 30.5 Å². The molecule has 0 saturated carbocycles. The summed E-state index contributed by atoms with van der Waals surface area (Å²) in [6.45, 7) is 11.8. The third-order valence-corrected chi connectivity index (χ3v) is 2.93. The van der Waals surface area contributed by atoms with Crippen molar-refractivity contribution < 1.29 is 9.47 Å². The Morgan fingerprint density at radius 2 is 1.74 bits per heavy atom. The maximum Gasteiger partial charge on any atom is 0.161 e. The number of benzene rings is 1. The molecule has 3 heteroatoms. The van der Waals surface area contributed by atoms with E-state index in [9.17, 15) is 0 Å². The van der Waals surface area contributed by atoms with Crippen LogP contribution in [-0.4, -0.2) is 26.3 Å². The number of hydrogen-bond acceptors (Lipinski definition) is 3. The number of nitrogens with one attached hydrogen (secondary N) is 1. The minimum absolute atomic E-state index is 0.618. The minimum Gasteiger partial charge on any atom is -0.490 e. The lowest BCUT2D eigenvalue weighted by Gasteiger charge is -2.15. The predicted molar refractivity (Wildman–Crippen MR) is 80.2 cm³/mol. The van der Waals surface area contributed by atoms with Crippen LogP contribution in [0.4, 0.5) is 0 Å². The van der Waals surface area contributed by atoms with Crippen molar-refractivity contribution in [2.75, 3.05) is 26.3 Å². The molecule has 0 radical (unpaired) electrons. The smallest absolute Gasteiger partial charge is 0.161 e. The number of ether oxygens (including phenoxy) is 2. The van der Waals surface area contributed by atoms with Crippen molar-refractivity contribution in [2.24, 2.45) is 5.92 Å². The van der Waals surface area contributed by atoms with E-state index in [2.05, 4.69) is 31.3 Å².